The molecule has 0 spiro atoms. The quantitative estimate of drug-likeness (QED) is 0.487. The van der Waals surface area contributed by atoms with Gasteiger partial charge in [0.05, 0.1) is 25.3 Å². The van der Waals surface area contributed by atoms with Crippen LogP contribution in [0.25, 0.3) is 32.3 Å². The number of nitrogens with zero attached hydrogens (tertiary/aromatic N) is 2. The van der Waals surface area contributed by atoms with Gasteiger partial charge in [0, 0.05) is 0 Å². The van der Waals surface area contributed by atoms with Gasteiger partial charge in [0.2, 0.25) is 0 Å². The SMILES string of the molecule is COc1cc2cc3cc4cc(C#N)c(C#N)cc4cc3cc2cc1OC. The van der Waals surface area contributed by atoms with Gasteiger partial charge in [0.15, 0.2) is 11.5 Å². The predicted molar refractivity (Wildman–Crippen MR) is 101 cm³/mol. The van der Waals surface area contributed by atoms with E-state index in [4.69, 9.17) is 9.47 Å². The second-order valence-corrected chi connectivity index (χ2v) is 6.07. The zero-order valence-electron chi connectivity index (χ0n) is 14.3. The summed E-state index contributed by atoms with van der Waals surface area (Å²) in [4.78, 5) is 0. The third kappa shape index (κ3) is 2.37. The van der Waals surface area contributed by atoms with Crippen LogP contribution in [0.3, 0.4) is 0 Å². The third-order valence-electron chi connectivity index (χ3n) is 4.63. The van der Waals surface area contributed by atoms with Gasteiger partial charge in [-0.25, -0.2) is 0 Å². The predicted octanol–water partition coefficient (Wildman–Crippen LogP) is 4.91. The van der Waals surface area contributed by atoms with Crippen LogP contribution in [-0.4, -0.2) is 14.2 Å². The molecule has 124 valence electrons. The lowest BCUT2D eigenvalue weighted by molar-refractivity contribution is 0.356. The highest BCUT2D eigenvalue weighted by Gasteiger charge is 2.09. The Morgan fingerprint density at radius 2 is 0.846 bits per heavy atom. The Bertz CT molecular complexity index is 1180. The van der Waals surface area contributed by atoms with Crippen molar-refractivity contribution in [3.05, 3.63) is 59.7 Å². The van der Waals surface area contributed by atoms with Crippen molar-refractivity contribution in [1.82, 2.24) is 0 Å². The Kier molecular flexibility index (Phi) is 3.60. The van der Waals surface area contributed by atoms with Crippen LogP contribution in [-0.2, 0) is 0 Å². The number of nitriles is 2. The summed E-state index contributed by atoms with van der Waals surface area (Å²) < 4.78 is 10.8. The van der Waals surface area contributed by atoms with E-state index in [1.165, 1.54) is 0 Å². The monoisotopic (exact) mass is 338 g/mol. The summed E-state index contributed by atoms with van der Waals surface area (Å²) in [5.41, 5.74) is 0.790. The van der Waals surface area contributed by atoms with Gasteiger partial charge in [-0.15, -0.1) is 0 Å². The molecule has 0 aliphatic carbocycles. The molecule has 0 aliphatic heterocycles. The second-order valence-electron chi connectivity index (χ2n) is 6.07. The average Bonchev–Trinajstić information content (AvgIpc) is 2.68. The molecule has 0 N–H and O–H groups in total. The molecule has 0 aliphatic rings. The van der Waals surface area contributed by atoms with E-state index in [0.717, 1.165) is 32.3 Å². The molecule has 4 nitrogen and oxygen atoms in total. The van der Waals surface area contributed by atoms with Crippen molar-refractivity contribution < 1.29 is 9.47 Å². The summed E-state index contributed by atoms with van der Waals surface area (Å²) in [7, 11) is 3.24. The summed E-state index contributed by atoms with van der Waals surface area (Å²) in [5, 5.41) is 24.6. The van der Waals surface area contributed by atoms with Gasteiger partial charge in [-0.1, -0.05) is 0 Å². The van der Waals surface area contributed by atoms with Crippen molar-refractivity contribution in [3.8, 4) is 23.6 Å². The molecule has 0 heterocycles. The summed E-state index contributed by atoms with van der Waals surface area (Å²) >= 11 is 0. The molecule has 0 aromatic heterocycles. The highest BCUT2D eigenvalue weighted by Crippen LogP contribution is 2.35. The van der Waals surface area contributed by atoms with Crippen LogP contribution in [0.2, 0.25) is 0 Å². The Hall–Kier alpha value is -3.76. The highest BCUT2D eigenvalue weighted by molar-refractivity contribution is 6.05. The number of fused-ring (bicyclic) bond motifs is 3. The molecule has 0 fully saturated rings. The van der Waals surface area contributed by atoms with Gasteiger partial charge < -0.3 is 9.47 Å². The van der Waals surface area contributed by atoms with Crippen molar-refractivity contribution in [2.45, 2.75) is 0 Å². The smallest absolute Gasteiger partial charge is 0.161 e. The van der Waals surface area contributed by atoms with Gasteiger partial charge in [-0.05, 0) is 80.8 Å². The van der Waals surface area contributed by atoms with Crippen LogP contribution < -0.4 is 9.47 Å². The fraction of sp³-hybridized carbons (Fsp3) is 0.0909. The van der Waals surface area contributed by atoms with Gasteiger partial charge >= 0.3 is 0 Å². The first-order valence-corrected chi connectivity index (χ1v) is 8.04. The molecule has 4 aromatic rings. The molecule has 0 saturated carbocycles. The van der Waals surface area contributed by atoms with Crippen LogP contribution in [0.1, 0.15) is 11.1 Å². The number of rotatable bonds is 2. The molecule has 0 unspecified atom stereocenters. The van der Waals surface area contributed by atoms with Gasteiger partial charge in [0.25, 0.3) is 0 Å². The molecule has 4 heteroatoms. The lowest BCUT2D eigenvalue weighted by atomic mass is 9.96. The summed E-state index contributed by atoms with van der Waals surface area (Å²) in [6, 6.07) is 19.9. The topological polar surface area (TPSA) is 66.0 Å². The minimum absolute atomic E-state index is 0.395. The van der Waals surface area contributed by atoms with Gasteiger partial charge in [-0.2, -0.15) is 10.5 Å². The van der Waals surface area contributed by atoms with E-state index in [9.17, 15) is 10.5 Å². The first kappa shape index (κ1) is 15.7. The largest absolute Gasteiger partial charge is 0.493 e. The molecular weight excluding hydrogens is 324 g/mol. The van der Waals surface area contributed by atoms with E-state index in [-0.39, 0.29) is 0 Å². The van der Waals surface area contributed by atoms with Crippen molar-refractivity contribution in [1.29, 1.82) is 10.5 Å². The fourth-order valence-electron chi connectivity index (χ4n) is 3.32. The molecule has 0 bridgehead atoms. The molecular formula is C22H14N2O2. The normalized spacial score (nSPS) is 10.6. The fourth-order valence-corrected chi connectivity index (χ4v) is 3.32. The van der Waals surface area contributed by atoms with Crippen molar-refractivity contribution >= 4 is 32.3 Å². The lowest BCUT2D eigenvalue weighted by Crippen LogP contribution is -1.90. The molecule has 0 radical (unpaired) electrons. The number of hydrogen-bond donors (Lipinski definition) is 0. The van der Waals surface area contributed by atoms with E-state index >= 15 is 0 Å². The molecule has 0 saturated heterocycles. The number of benzene rings is 4. The molecule has 4 aromatic carbocycles. The highest BCUT2D eigenvalue weighted by atomic mass is 16.5. The van der Waals surface area contributed by atoms with E-state index in [1.54, 1.807) is 26.4 Å². The summed E-state index contributed by atoms with van der Waals surface area (Å²) in [5.74, 6) is 1.37. The summed E-state index contributed by atoms with van der Waals surface area (Å²) in [6.07, 6.45) is 0. The van der Waals surface area contributed by atoms with E-state index < -0.39 is 0 Å². The maximum atomic E-state index is 9.24. The zero-order chi connectivity index (χ0) is 18.3. The second kappa shape index (κ2) is 5.95. The lowest BCUT2D eigenvalue weighted by Gasteiger charge is -2.11. The van der Waals surface area contributed by atoms with Crippen LogP contribution in [0.4, 0.5) is 0 Å². The average molecular weight is 338 g/mol. The van der Waals surface area contributed by atoms with Gasteiger partial charge in [-0.3, -0.25) is 0 Å². The Labute approximate surface area is 150 Å². The zero-order valence-corrected chi connectivity index (χ0v) is 14.3. The van der Waals surface area contributed by atoms with Crippen molar-refractivity contribution in [2.24, 2.45) is 0 Å². The van der Waals surface area contributed by atoms with E-state index in [1.807, 2.05) is 24.3 Å². The van der Waals surface area contributed by atoms with E-state index in [2.05, 4.69) is 24.3 Å². The third-order valence-corrected chi connectivity index (χ3v) is 4.63. The molecule has 4 rings (SSSR count). The molecule has 0 atom stereocenters. The number of hydrogen-bond acceptors (Lipinski definition) is 4. The van der Waals surface area contributed by atoms with Gasteiger partial charge in [0.1, 0.15) is 12.1 Å². The van der Waals surface area contributed by atoms with Crippen molar-refractivity contribution in [3.63, 3.8) is 0 Å². The number of methoxy groups -OCH3 is 2. The number of ether oxygens (including phenoxy) is 2. The Morgan fingerprint density at radius 1 is 0.538 bits per heavy atom. The Balaban J connectivity index is 2.05. The van der Waals surface area contributed by atoms with Crippen LogP contribution in [0, 0.1) is 22.7 Å². The molecule has 0 amide bonds. The maximum absolute atomic E-state index is 9.24. The maximum Gasteiger partial charge on any atom is 0.161 e. The Morgan fingerprint density at radius 3 is 1.15 bits per heavy atom. The molecule has 26 heavy (non-hydrogen) atoms. The minimum atomic E-state index is 0.395. The van der Waals surface area contributed by atoms with Crippen LogP contribution in [0.15, 0.2) is 48.5 Å². The minimum Gasteiger partial charge on any atom is -0.493 e. The standard InChI is InChI=1S/C22H14N2O2/c1-25-21-9-17-5-13-3-15-7-19(11-23)20(12-24)8-16(15)4-14(13)6-18(17)10-22(21)26-2/h3-10H,1-2H3. The van der Waals surface area contributed by atoms with Crippen molar-refractivity contribution in [2.75, 3.05) is 14.2 Å². The van der Waals surface area contributed by atoms with E-state index in [0.29, 0.717) is 22.6 Å². The van der Waals surface area contributed by atoms with Crippen LogP contribution >= 0.6 is 0 Å². The summed E-state index contributed by atoms with van der Waals surface area (Å²) in [6.45, 7) is 0. The first-order chi connectivity index (χ1) is 12.7. The first-order valence-electron chi connectivity index (χ1n) is 8.04. The van der Waals surface area contributed by atoms with Crippen LogP contribution in [0.5, 0.6) is 11.5 Å².